The monoisotopic (exact) mass is 466 g/mol. The van der Waals surface area contributed by atoms with Crippen LogP contribution in [0.5, 0.6) is 0 Å². The predicted octanol–water partition coefficient (Wildman–Crippen LogP) is 5.21. The highest BCUT2D eigenvalue weighted by Crippen LogP contribution is 2.32. The van der Waals surface area contributed by atoms with Crippen LogP contribution in [0, 0.1) is 0 Å². The minimum Gasteiger partial charge on any atom is -0.233 e. The molecule has 4 heterocycles. The Kier molecular flexibility index (Phi) is 5.26. The van der Waals surface area contributed by atoms with Crippen molar-refractivity contribution >= 4 is 0 Å². The quantitative estimate of drug-likeness (QED) is 0.388. The van der Waals surface area contributed by atoms with Gasteiger partial charge in [0, 0.05) is 17.8 Å². The van der Waals surface area contributed by atoms with Gasteiger partial charge < -0.3 is 0 Å². The van der Waals surface area contributed by atoms with Crippen LogP contribution in [0.15, 0.2) is 61.2 Å². The largest absolute Gasteiger partial charge is 0.419 e. The summed E-state index contributed by atoms with van der Waals surface area (Å²) in [6.07, 6.45) is -5.95. The van der Waals surface area contributed by atoms with Gasteiger partial charge in [-0.1, -0.05) is 12.1 Å². The van der Waals surface area contributed by atoms with Crippen molar-refractivity contribution in [2.45, 2.75) is 31.6 Å². The van der Waals surface area contributed by atoms with Crippen LogP contribution >= 0.6 is 0 Å². The molecule has 0 aliphatic carbocycles. The molecule has 4 aromatic heterocycles. The highest BCUT2D eigenvalue weighted by Gasteiger charge is 2.34. The molecule has 0 spiro atoms. The van der Waals surface area contributed by atoms with E-state index in [0.29, 0.717) is 23.8 Å². The van der Waals surface area contributed by atoms with Gasteiger partial charge in [-0.25, -0.2) is 19.3 Å². The topological polar surface area (TPSA) is 61.4 Å². The molecule has 172 valence electrons. The maximum absolute atomic E-state index is 12.9. The van der Waals surface area contributed by atoms with E-state index in [0.717, 1.165) is 21.8 Å². The lowest BCUT2D eigenvalue weighted by Crippen LogP contribution is -2.23. The zero-order chi connectivity index (χ0) is 24.0. The molecule has 12 heteroatoms. The van der Waals surface area contributed by atoms with E-state index in [-0.39, 0.29) is 11.6 Å². The van der Waals surface area contributed by atoms with E-state index in [1.807, 2.05) is 0 Å². The van der Waals surface area contributed by atoms with Crippen LogP contribution in [0.4, 0.5) is 26.3 Å². The minimum atomic E-state index is -4.53. The number of halogens is 6. The lowest BCUT2D eigenvalue weighted by atomic mass is 9.84. The van der Waals surface area contributed by atoms with Crippen molar-refractivity contribution in [2.24, 2.45) is 0 Å². The molecule has 0 fully saturated rings. The van der Waals surface area contributed by atoms with Crippen molar-refractivity contribution in [3.05, 3.63) is 83.7 Å². The van der Waals surface area contributed by atoms with Gasteiger partial charge in [0.1, 0.15) is 0 Å². The molecular weight excluding hydrogens is 450 g/mol. The average Bonchev–Trinajstić information content (AvgIpc) is 3.44. The van der Waals surface area contributed by atoms with Gasteiger partial charge in [-0.3, -0.25) is 0 Å². The zero-order valence-electron chi connectivity index (χ0n) is 17.2. The van der Waals surface area contributed by atoms with Crippen LogP contribution in [0.3, 0.4) is 0 Å². The fourth-order valence-electron chi connectivity index (χ4n) is 3.12. The molecule has 0 radical (unpaired) electrons. The van der Waals surface area contributed by atoms with Crippen LogP contribution in [0.25, 0.3) is 11.6 Å². The number of rotatable bonds is 4. The second kappa shape index (κ2) is 7.71. The summed E-state index contributed by atoms with van der Waals surface area (Å²) < 4.78 is 79.4. The summed E-state index contributed by atoms with van der Waals surface area (Å²) >= 11 is 0. The summed E-state index contributed by atoms with van der Waals surface area (Å²) in [7, 11) is 0. The van der Waals surface area contributed by atoms with Crippen molar-refractivity contribution in [1.82, 2.24) is 29.5 Å². The van der Waals surface area contributed by atoms with Gasteiger partial charge in [0.25, 0.3) is 0 Å². The smallest absolute Gasteiger partial charge is 0.233 e. The predicted molar refractivity (Wildman–Crippen MR) is 105 cm³/mol. The molecular formula is C21H16F6N6. The van der Waals surface area contributed by atoms with E-state index < -0.39 is 28.9 Å². The first-order valence-corrected chi connectivity index (χ1v) is 9.55. The van der Waals surface area contributed by atoms with Crippen LogP contribution in [-0.4, -0.2) is 29.5 Å². The molecule has 0 aliphatic heterocycles. The molecule has 6 nitrogen and oxygen atoms in total. The first-order valence-electron chi connectivity index (χ1n) is 9.55. The average molecular weight is 466 g/mol. The fraction of sp³-hybridized carbons (Fsp3) is 0.238. The summed E-state index contributed by atoms with van der Waals surface area (Å²) in [6, 6.07) is 9.64. The van der Waals surface area contributed by atoms with Crippen molar-refractivity contribution in [3.63, 3.8) is 0 Å². The summed E-state index contributed by atoms with van der Waals surface area (Å²) in [4.78, 5) is 8.89. The Labute approximate surface area is 183 Å². The summed E-state index contributed by atoms with van der Waals surface area (Å²) in [5, 5.41) is 7.48. The number of pyridine rings is 2. The molecule has 0 bridgehead atoms. The molecule has 33 heavy (non-hydrogen) atoms. The first kappa shape index (κ1) is 22.5. The van der Waals surface area contributed by atoms with E-state index in [4.69, 9.17) is 0 Å². The maximum atomic E-state index is 12.9. The van der Waals surface area contributed by atoms with Crippen LogP contribution in [0.2, 0.25) is 0 Å². The first-order chi connectivity index (χ1) is 15.4. The molecule has 0 N–H and O–H groups in total. The SMILES string of the molecule is CC(C)(c1cccc(-n2cc(C(F)(F)F)cn2)n1)c1cccc(-n2cc(C(F)(F)F)cn2)n1. The summed E-state index contributed by atoms with van der Waals surface area (Å²) in [5.41, 5.74) is -1.69. The van der Waals surface area contributed by atoms with Crippen LogP contribution in [0.1, 0.15) is 36.4 Å². The lowest BCUT2D eigenvalue weighted by molar-refractivity contribution is -0.138. The highest BCUT2D eigenvalue weighted by atomic mass is 19.4. The summed E-state index contributed by atoms with van der Waals surface area (Å²) in [5.74, 6) is 0.350. The molecule has 0 unspecified atom stereocenters. The van der Waals surface area contributed by atoms with Crippen molar-refractivity contribution in [3.8, 4) is 11.6 Å². The van der Waals surface area contributed by atoms with E-state index in [2.05, 4.69) is 20.2 Å². The molecule has 0 aromatic carbocycles. The van der Waals surface area contributed by atoms with Gasteiger partial charge in [0.15, 0.2) is 11.6 Å². The minimum absolute atomic E-state index is 0.175. The molecule has 0 amide bonds. The molecule has 4 rings (SSSR count). The Hall–Kier alpha value is -3.70. The van der Waals surface area contributed by atoms with Gasteiger partial charge in [-0.15, -0.1) is 0 Å². The van der Waals surface area contributed by atoms with Crippen molar-refractivity contribution in [2.75, 3.05) is 0 Å². The second-order valence-corrected chi connectivity index (χ2v) is 7.73. The number of nitrogens with zero attached hydrogens (tertiary/aromatic N) is 6. The van der Waals surface area contributed by atoms with Gasteiger partial charge in [-0.05, 0) is 38.1 Å². The zero-order valence-corrected chi connectivity index (χ0v) is 17.2. The number of hydrogen-bond acceptors (Lipinski definition) is 4. The van der Waals surface area contributed by atoms with E-state index in [9.17, 15) is 26.3 Å². The van der Waals surface area contributed by atoms with Crippen molar-refractivity contribution in [1.29, 1.82) is 0 Å². The second-order valence-electron chi connectivity index (χ2n) is 7.73. The normalized spacial score (nSPS) is 12.8. The lowest BCUT2D eigenvalue weighted by Gasteiger charge is -2.24. The van der Waals surface area contributed by atoms with Crippen LogP contribution in [-0.2, 0) is 17.8 Å². The van der Waals surface area contributed by atoms with E-state index in [1.54, 1.807) is 38.1 Å². The van der Waals surface area contributed by atoms with E-state index >= 15 is 0 Å². The highest BCUT2D eigenvalue weighted by molar-refractivity contribution is 5.36. The Balaban J connectivity index is 1.68. The number of aromatic nitrogens is 6. The molecule has 0 atom stereocenters. The Morgan fingerprint density at radius 3 is 1.36 bits per heavy atom. The van der Waals surface area contributed by atoms with Gasteiger partial charge >= 0.3 is 12.4 Å². The molecule has 4 aromatic rings. The maximum Gasteiger partial charge on any atom is 0.419 e. The third-order valence-electron chi connectivity index (χ3n) is 5.04. The number of alkyl halides is 6. The van der Waals surface area contributed by atoms with Gasteiger partial charge in [-0.2, -0.15) is 36.5 Å². The molecule has 0 aliphatic rings. The third kappa shape index (κ3) is 4.45. The standard InChI is InChI=1S/C21H16F6N6/c1-19(2,15-5-3-7-17(30-15)32-11-13(9-28-32)20(22,23)24)16-6-4-8-18(31-16)33-12-14(10-29-33)21(25,26)27/h3-12H,1-2H3. The fourth-order valence-corrected chi connectivity index (χ4v) is 3.12. The molecule has 0 saturated heterocycles. The Bertz CT molecular complexity index is 1190. The summed E-state index contributed by atoms with van der Waals surface area (Å²) in [6.45, 7) is 3.58. The van der Waals surface area contributed by atoms with Crippen LogP contribution < -0.4 is 0 Å². The van der Waals surface area contributed by atoms with E-state index in [1.165, 1.54) is 12.1 Å². The van der Waals surface area contributed by atoms with Gasteiger partial charge in [0.2, 0.25) is 0 Å². The Morgan fingerprint density at radius 2 is 1.03 bits per heavy atom. The third-order valence-corrected chi connectivity index (χ3v) is 5.04. The van der Waals surface area contributed by atoms with Gasteiger partial charge in [0.05, 0.1) is 34.9 Å². The van der Waals surface area contributed by atoms with Crippen molar-refractivity contribution < 1.29 is 26.3 Å². The Morgan fingerprint density at radius 1 is 0.636 bits per heavy atom. The number of hydrogen-bond donors (Lipinski definition) is 0. The molecule has 0 saturated carbocycles.